The highest BCUT2D eigenvalue weighted by atomic mass is 16.6. The SMILES string of the molecule is CC(C)c1ccc(C(C)C(C)c2ccc(C(C)(C)c3cccc4c3OCCO4)c3cc[nH]c23)c(C#N)n1. The first-order valence-electron chi connectivity index (χ1n) is 13.1. The first-order chi connectivity index (χ1) is 17.7. The van der Waals surface area contributed by atoms with Gasteiger partial charge in [0.2, 0.25) is 0 Å². The van der Waals surface area contributed by atoms with Crippen molar-refractivity contribution in [1.82, 2.24) is 9.97 Å². The molecule has 1 aliphatic heterocycles. The fraction of sp³-hybridized carbons (Fsp3) is 0.375. The second-order valence-corrected chi connectivity index (χ2v) is 10.9. The van der Waals surface area contributed by atoms with Gasteiger partial charge in [0.1, 0.15) is 25.0 Å². The van der Waals surface area contributed by atoms with Crippen molar-refractivity contribution < 1.29 is 9.47 Å². The Balaban J connectivity index is 1.55. The number of rotatable bonds is 6. The van der Waals surface area contributed by atoms with E-state index in [4.69, 9.17) is 9.47 Å². The fourth-order valence-corrected chi connectivity index (χ4v) is 5.62. The minimum atomic E-state index is -0.301. The summed E-state index contributed by atoms with van der Waals surface area (Å²) >= 11 is 0. The topological polar surface area (TPSA) is 70.9 Å². The maximum atomic E-state index is 9.85. The zero-order valence-electron chi connectivity index (χ0n) is 22.6. The zero-order chi connectivity index (χ0) is 26.3. The number of benzene rings is 2. The Morgan fingerprint density at radius 2 is 1.62 bits per heavy atom. The predicted octanol–water partition coefficient (Wildman–Crippen LogP) is 7.56. The second-order valence-electron chi connectivity index (χ2n) is 10.9. The predicted molar refractivity (Wildman–Crippen MR) is 148 cm³/mol. The van der Waals surface area contributed by atoms with Gasteiger partial charge in [-0.1, -0.05) is 71.9 Å². The van der Waals surface area contributed by atoms with Gasteiger partial charge < -0.3 is 14.5 Å². The number of nitriles is 1. The summed E-state index contributed by atoms with van der Waals surface area (Å²) in [5, 5.41) is 11.0. The Bertz CT molecular complexity index is 1490. The van der Waals surface area contributed by atoms with Gasteiger partial charge in [-0.15, -0.1) is 0 Å². The molecular weight excluding hydrogens is 458 g/mol. The third kappa shape index (κ3) is 4.25. The Morgan fingerprint density at radius 1 is 0.892 bits per heavy atom. The fourth-order valence-electron chi connectivity index (χ4n) is 5.62. The van der Waals surface area contributed by atoms with Crippen molar-refractivity contribution in [3.8, 4) is 17.6 Å². The Kier molecular flexibility index (Phi) is 6.45. The van der Waals surface area contributed by atoms with E-state index in [1.807, 2.05) is 18.3 Å². The van der Waals surface area contributed by atoms with Crippen molar-refractivity contribution in [1.29, 1.82) is 5.26 Å². The lowest BCUT2D eigenvalue weighted by Crippen LogP contribution is -2.24. The molecule has 190 valence electrons. The molecule has 0 bridgehead atoms. The maximum Gasteiger partial charge on any atom is 0.165 e. The molecule has 4 aromatic rings. The zero-order valence-corrected chi connectivity index (χ0v) is 22.6. The highest BCUT2D eigenvalue weighted by molar-refractivity contribution is 5.88. The molecule has 0 spiro atoms. The van der Waals surface area contributed by atoms with Crippen LogP contribution in [0.5, 0.6) is 11.5 Å². The number of hydrogen-bond donors (Lipinski definition) is 1. The van der Waals surface area contributed by atoms with Crippen LogP contribution in [0, 0.1) is 11.3 Å². The largest absolute Gasteiger partial charge is 0.486 e. The molecule has 0 radical (unpaired) electrons. The summed E-state index contributed by atoms with van der Waals surface area (Å²) in [6, 6.07) is 19.3. The average molecular weight is 494 g/mol. The van der Waals surface area contributed by atoms with Crippen LogP contribution in [0.2, 0.25) is 0 Å². The van der Waals surface area contributed by atoms with Crippen molar-refractivity contribution in [2.45, 2.75) is 64.7 Å². The van der Waals surface area contributed by atoms with Gasteiger partial charge in [0.15, 0.2) is 11.5 Å². The van der Waals surface area contributed by atoms with Crippen molar-refractivity contribution in [2.24, 2.45) is 0 Å². The minimum absolute atomic E-state index is 0.125. The third-order valence-corrected chi connectivity index (χ3v) is 8.04. The summed E-state index contributed by atoms with van der Waals surface area (Å²) in [5.41, 5.74) is 6.90. The van der Waals surface area contributed by atoms with Gasteiger partial charge in [-0.25, -0.2) is 4.98 Å². The quantitative estimate of drug-likeness (QED) is 0.301. The minimum Gasteiger partial charge on any atom is -0.486 e. The van der Waals surface area contributed by atoms with E-state index in [0.717, 1.165) is 33.8 Å². The van der Waals surface area contributed by atoms with Crippen LogP contribution in [-0.2, 0) is 5.41 Å². The molecule has 5 nitrogen and oxygen atoms in total. The number of para-hydroxylation sites is 1. The van der Waals surface area contributed by atoms with Crippen molar-refractivity contribution in [2.75, 3.05) is 13.2 Å². The smallest absolute Gasteiger partial charge is 0.165 e. The van der Waals surface area contributed by atoms with E-state index in [2.05, 4.69) is 94.0 Å². The normalized spacial score (nSPS) is 15.0. The molecule has 0 saturated carbocycles. The van der Waals surface area contributed by atoms with Crippen LogP contribution in [0.1, 0.15) is 92.9 Å². The van der Waals surface area contributed by atoms with Crippen LogP contribution in [0.4, 0.5) is 0 Å². The van der Waals surface area contributed by atoms with E-state index in [0.29, 0.717) is 18.9 Å². The number of ether oxygens (including phenoxy) is 2. The summed E-state index contributed by atoms with van der Waals surface area (Å²) in [5.74, 6) is 2.25. The van der Waals surface area contributed by atoms with Gasteiger partial charge in [0.25, 0.3) is 0 Å². The van der Waals surface area contributed by atoms with Gasteiger partial charge in [0.05, 0.1) is 0 Å². The van der Waals surface area contributed by atoms with Gasteiger partial charge in [-0.05, 0) is 52.6 Å². The summed E-state index contributed by atoms with van der Waals surface area (Å²) in [6.45, 7) is 14.3. The molecule has 1 aliphatic rings. The number of pyridine rings is 1. The van der Waals surface area contributed by atoms with E-state index in [1.165, 1.54) is 16.5 Å². The van der Waals surface area contributed by atoms with E-state index >= 15 is 0 Å². The van der Waals surface area contributed by atoms with Crippen LogP contribution < -0.4 is 9.47 Å². The van der Waals surface area contributed by atoms with Crippen LogP contribution in [0.15, 0.2) is 54.7 Å². The average Bonchev–Trinajstić information content (AvgIpc) is 3.41. The van der Waals surface area contributed by atoms with Crippen LogP contribution in [0.25, 0.3) is 10.9 Å². The lowest BCUT2D eigenvalue weighted by atomic mass is 9.74. The maximum absolute atomic E-state index is 9.85. The molecule has 0 fully saturated rings. The monoisotopic (exact) mass is 493 g/mol. The van der Waals surface area contributed by atoms with Gasteiger partial charge in [0, 0.05) is 33.8 Å². The second kappa shape index (κ2) is 9.59. The molecule has 2 unspecified atom stereocenters. The molecular formula is C32H35N3O2. The van der Waals surface area contributed by atoms with E-state index in [1.54, 1.807) is 0 Å². The summed E-state index contributed by atoms with van der Waals surface area (Å²) in [7, 11) is 0. The molecule has 2 aromatic carbocycles. The number of hydrogen-bond acceptors (Lipinski definition) is 4. The lowest BCUT2D eigenvalue weighted by molar-refractivity contribution is 0.168. The molecule has 3 heterocycles. The molecule has 5 rings (SSSR count). The third-order valence-electron chi connectivity index (χ3n) is 8.04. The van der Waals surface area contributed by atoms with Crippen molar-refractivity contribution >= 4 is 10.9 Å². The highest BCUT2D eigenvalue weighted by Gasteiger charge is 2.32. The number of nitrogens with zero attached hydrogens (tertiary/aromatic N) is 2. The van der Waals surface area contributed by atoms with E-state index in [-0.39, 0.29) is 23.2 Å². The highest BCUT2D eigenvalue weighted by Crippen LogP contribution is 2.46. The number of H-pyrrole nitrogens is 1. The summed E-state index contributed by atoms with van der Waals surface area (Å²) in [4.78, 5) is 8.18. The lowest BCUT2D eigenvalue weighted by Gasteiger charge is -2.32. The van der Waals surface area contributed by atoms with Gasteiger partial charge >= 0.3 is 0 Å². The molecule has 2 atom stereocenters. The van der Waals surface area contributed by atoms with Crippen molar-refractivity contribution in [3.63, 3.8) is 0 Å². The molecule has 0 aliphatic carbocycles. The summed E-state index contributed by atoms with van der Waals surface area (Å²) < 4.78 is 11.9. The first kappa shape index (κ1) is 24.9. The number of nitrogens with one attached hydrogen (secondary N) is 1. The molecule has 5 heteroatoms. The van der Waals surface area contributed by atoms with E-state index < -0.39 is 0 Å². The molecule has 0 saturated heterocycles. The summed E-state index contributed by atoms with van der Waals surface area (Å²) in [6.07, 6.45) is 2.02. The number of fused-ring (bicyclic) bond motifs is 2. The standard InChI is InChI=1S/C32H35N3O2/c1-19(2)27-13-11-22(28(18-33)35-27)20(3)21(4)23-10-12-25(24-14-15-34-30(23)24)32(5,6)26-8-7-9-29-31(26)37-17-16-36-29/h7-15,19-21,34H,16-17H2,1-6H3. The van der Waals surface area contributed by atoms with Gasteiger partial charge in [-0.3, -0.25) is 0 Å². The Labute approximate surface area is 219 Å². The Morgan fingerprint density at radius 3 is 2.38 bits per heavy atom. The van der Waals surface area contributed by atoms with Crippen molar-refractivity contribution in [3.05, 3.63) is 88.4 Å². The number of aromatic amines is 1. The Hall–Kier alpha value is -3.78. The van der Waals surface area contributed by atoms with Gasteiger partial charge in [-0.2, -0.15) is 5.26 Å². The first-order valence-corrected chi connectivity index (χ1v) is 13.1. The van der Waals surface area contributed by atoms with E-state index in [9.17, 15) is 5.26 Å². The van der Waals surface area contributed by atoms with Crippen LogP contribution in [-0.4, -0.2) is 23.2 Å². The molecule has 1 N–H and O–H groups in total. The van der Waals surface area contributed by atoms with Crippen LogP contribution >= 0.6 is 0 Å². The number of aromatic nitrogens is 2. The molecule has 2 aromatic heterocycles. The molecule has 0 amide bonds. The molecule has 37 heavy (non-hydrogen) atoms. The van der Waals surface area contributed by atoms with Crippen LogP contribution in [0.3, 0.4) is 0 Å².